The van der Waals surface area contributed by atoms with E-state index in [4.69, 9.17) is 4.74 Å². The van der Waals surface area contributed by atoms with Crippen molar-refractivity contribution in [2.45, 2.75) is 13.0 Å². The number of nitrogens with one attached hydrogen (secondary N) is 2. The number of likely N-dealkylation sites (N-methyl/N-ethyl adjacent to an activating group) is 1. The van der Waals surface area contributed by atoms with E-state index in [1.54, 1.807) is 24.0 Å². The Kier molecular flexibility index (Phi) is 4.34. The molecule has 0 spiro atoms. The summed E-state index contributed by atoms with van der Waals surface area (Å²) in [6.07, 6.45) is -0.0211. The summed E-state index contributed by atoms with van der Waals surface area (Å²) in [6.45, 7) is 4.00. The van der Waals surface area contributed by atoms with Gasteiger partial charge in [-0.25, -0.2) is 0 Å². The number of morpholine rings is 1. The van der Waals surface area contributed by atoms with Gasteiger partial charge in [0.1, 0.15) is 5.56 Å². The second kappa shape index (κ2) is 5.99. The van der Waals surface area contributed by atoms with Crippen molar-refractivity contribution in [3.05, 3.63) is 33.7 Å². The number of rotatable bonds is 3. The number of aromatic nitrogens is 1. The quantitative estimate of drug-likeness (QED) is 0.790. The summed E-state index contributed by atoms with van der Waals surface area (Å²) in [4.78, 5) is 28.4. The molecule has 1 aliphatic heterocycles. The first-order chi connectivity index (χ1) is 9.11. The molecular formula is C13H19N3O3. The zero-order chi connectivity index (χ0) is 13.8. The molecule has 6 nitrogen and oxygen atoms in total. The zero-order valence-electron chi connectivity index (χ0n) is 11.2. The van der Waals surface area contributed by atoms with Crippen LogP contribution in [0.5, 0.6) is 0 Å². The maximum atomic E-state index is 12.3. The van der Waals surface area contributed by atoms with Crippen molar-refractivity contribution in [2.75, 3.05) is 33.3 Å². The van der Waals surface area contributed by atoms with Gasteiger partial charge in [0.05, 0.1) is 12.7 Å². The third-order valence-electron chi connectivity index (χ3n) is 3.14. The van der Waals surface area contributed by atoms with Gasteiger partial charge in [0.25, 0.3) is 11.5 Å². The lowest BCUT2D eigenvalue weighted by Crippen LogP contribution is -2.49. The Morgan fingerprint density at radius 2 is 2.37 bits per heavy atom. The molecule has 19 heavy (non-hydrogen) atoms. The molecule has 6 heteroatoms. The maximum Gasteiger partial charge on any atom is 0.260 e. The zero-order valence-corrected chi connectivity index (χ0v) is 11.2. The number of hydrogen-bond donors (Lipinski definition) is 2. The van der Waals surface area contributed by atoms with E-state index in [0.717, 1.165) is 5.69 Å². The van der Waals surface area contributed by atoms with Crippen molar-refractivity contribution in [1.82, 2.24) is 15.2 Å². The van der Waals surface area contributed by atoms with Crippen LogP contribution >= 0.6 is 0 Å². The molecule has 0 saturated carbocycles. The van der Waals surface area contributed by atoms with Gasteiger partial charge < -0.3 is 19.9 Å². The van der Waals surface area contributed by atoms with E-state index < -0.39 is 0 Å². The highest BCUT2D eigenvalue weighted by Crippen LogP contribution is 2.08. The topological polar surface area (TPSA) is 74.4 Å². The van der Waals surface area contributed by atoms with E-state index in [1.807, 2.05) is 7.05 Å². The fourth-order valence-electron chi connectivity index (χ4n) is 2.17. The summed E-state index contributed by atoms with van der Waals surface area (Å²) in [6, 6.07) is 3.32. The average Bonchev–Trinajstić information content (AvgIpc) is 2.39. The van der Waals surface area contributed by atoms with Crippen LogP contribution in [0.25, 0.3) is 0 Å². The normalized spacial score (nSPS) is 19.5. The highest BCUT2D eigenvalue weighted by atomic mass is 16.5. The van der Waals surface area contributed by atoms with E-state index in [0.29, 0.717) is 26.2 Å². The highest BCUT2D eigenvalue weighted by molar-refractivity contribution is 5.93. The Bertz CT molecular complexity index is 510. The lowest BCUT2D eigenvalue weighted by molar-refractivity contribution is -0.0196. The van der Waals surface area contributed by atoms with Crippen LogP contribution in [0.2, 0.25) is 0 Å². The number of nitrogens with zero attached hydrogens (tertiary/aromatic N) is 1. The van der Waals surface area contributed by atoms with Crippen molar-refractivity contribution in [1.29, 1.82) is 0 Å². The van der Waals surface area contributed by atoms with Gasteiger partial charge >= 0.3 is 0 Å². The molecule has 1 unspecified atom stereocenters. The Hall–Kier alpha value is -1.66. The van der Waals surface area contributed by atoms with E-state index in [-0.39, 0.29) is 23.1 Å². The van der Waals surface area contributed by atoms with Crippen molar-refractivity contribution < 1.29 is 9.53 Å². The van der Waals surface area contributed by atoms with Crippen LogP contribution < -0.4 is 10.9 Å². The smallest absolute Gasteiger partial charge is 0.260 e. The number of ether oxygens (including phenoxy) is 1. The first-order valence-corrected chi connectivity index (χ1v) is 6.37. The second-order valence-corrected chi connectivity index (χ2v) is 4.69. The largest absolute Gasteiger partial charge is 0.373 e. The van der Waals surface area contributed by atoms with E-state index >= 15 is 0 Å². The molecule has 2 N–H and O–H groups in total. The van der Waals surface area contributed by atoms with E-state index in [1.165, 1.54) is 0 Å². The van der Waals surface area contributed by atoms with Crippen LogP contribution in [0.15, 0.2) is 16.9 Å². The lowest BCUT2D eigenvalue weighted by atomic mass is 10.2. The van der Waals surface area contributed by atoms with Crippen LogP contribution in [-0.2, 0) is 4.74 Å². The van der Waals surface area contributed by atoms with Crippen LogP contribution in [-0.4, -0.2) is 55.2 Å². The summed E-state index contributed by atoms with van der Waals surface area (Å²) in [7, 11) is 1.84. The summed E-state index contributed by atoms with van der Waals surface area (Å²) in [5, 5.41) is 3.02. The molecule has 1 aliphatic rings. The van der Waals surface area contributed by atoms with Gasteiger partial charge in [0.15, 0.2) is 0 Å². The van der Waals surface area contributed by atoms with Crippen LogP contribution in [0.1, 0.15) is 16.1 Å². The minimum atomic E-state index is -0.332. The molecule has 0 bridgehead atoms. The predicted molar refractivity (Wildman–Crippen MR) is 71.4 cm³/mol. The fourth-order valence-corrected chi connectivity index (χ4v) is 2.17. The van der Waals surface area contributed by atoms with Crippen LogP contribution in [0, 0.1) is 6.92 Å². The average molecular weight is 265 g/mol. The summed E-state index contributed by atoms with van der Waals surface area (Å²) < 4.78 is 5.54. The minimum absolute atomic E-state index is 0.0211. The number of aryl methyl sites for hydroxylation is 1. The number of aromatic amines is 1. The number of H-pyrrole nitrogens is 1. The maximum absolute atomic E-state index is 12.3. The molecular weight excluding hydrogens is 246 g/mol. The summed E-state index contributed by atoms with van der Waals surface area (Å²) >= 11 is 0. The van der Waals surface area contributed by atoms with Gasteiger partial charge in [-0.1, -0.05) is 0 Å². The molecule has 1 saturated heterocycles. The van der Waals surface area contributed by atoms with Crippen molar-refractivity contribution in [3.8, 4) is 0 Å². The Morgan fingerprint density at radius 1 is 1.58 bits per heavy atom. The molecule has 1 atom stereocenters. The Morgan fingerprint density at radius 3 is 3.05 bits per heavy atom. The second-order valence-electron chi connectivity index (χ2n) is 4.69. The number of amides is 1. The molecule has 104 valence electrons. The number of pyridine rings is 1. The summed E-state index contributed by atoms with van der Waals surface area (Å²) in [5.74, 6) is -0.231. The molecule has 0 radical (unpaired) electrons. The van der Waals surface area contributed by atoms with Gasteiger partial charge in [0, 0.05) is 25.3 Å². The molecule has 1 aromatic heterocycles. The SMILES string of the molecule is CNCC1CN(C(=O)c2ccc(C)[nH]c2=O)CCO1. The molecule has 2 heterocycles. The molecule has 1 fully saturated rings. The highest BCUT2D eigenvalue weighted by Gasteiger charge is 2.25. The van der Waals surface area contributed by atoms with Gasteiger partial charge in [-0.3, -0.25) is 9.59 Å². The fraction of sp³-hybridized carbons (Fsp3) is 0.538. The van der Waals surface area contributed by atoms with Crippen molar-refractivity contribution >= 4 is 5.91 Å². The lowest BCUT2D eigenvalue weighted by Gasteiger charge is -2.32. The minimum Gasteiger partial charge on any atom is -0.373 e. The summed E-state index contributed by atoms with van der Waals surface area (Å²) in [5.41, 5.74) is 0.606. The van der Waals surface area contributed by atoms with Crippen LogP contribution in [0.3, 0.4) is 0 Å². The van der Waals surface area contributed by atoms with Gasteiger partial charge in [0.2, 0.25) is 0 Å². The predicted octanol–water partition coefficient (Wildman–Crippen LogP) is -0.256. The third-order valence-corrected chi connectivity index (χ3v) is 3.14. The molecule has 0 aromatic carbocycles. The van der Waals surface area contributed by atoms with Crippen LogP contribution in [0.4, 0.5) is 0 Å². The number of carbonyl (C=O) groups excluding carboxylic acids is 1. The van der Waals surface area contributed by atoms with E-state index in [2.05, 4.69) is 10.3 Å². The standard InChI is InChI=1S/C13H19N3O3/c1-9-3-4-11(12(17)15-9)13(18)16-5-6-19-10(8-16)7-14-2/h3-4,10,14H,5-8H2,1-2H3,(H,15,17). The van der Waals surface area contributed by atoms with Gasteiger partial charge in [-0.2, -0.15) is 0 Å². The Balaban J connectivity index is 2.12. The Labute approximate surface area is 111 Å². The molecule has 2 rings (SSSR count). The molecule has 1 amide bonds. The van der Waals surface area contributed by atoms with Crippen molar-refractivity contribution in [2.24, 2.45) is 0 Å². The third kappa shape index (κ3) is 3.21. The molecule has 1 aromatic rings. The van der Waals surface area contributed by atoms with E-state index in [9.17, 15) is 9.59 Å². The van der Waals surface area contributed by atoms with Gasteiger partial charge in [-0.05, 0) is 26.1 Å². The number of hydrogen-bond acceptors (Lipinski definition) is 4. The van der Waals surface area contributed by atoms with Gasteiger partial charge in [-0.15, -0.1) is 0 Å². The molecule has 0 aliphatic carbocycles. The first-order valence-electron chi connectivity index (χ1n) is 6.37. The number of carbonyl (C=O) groups is 1. The first kappa shape index (κ1) is 13.8. The van der Waals surface area contributed by atoms with Crippen molar-refractivity contribution in [3.63, 3.8) is 0 Å². The monoisotopic (exact) mass is 265 g/mol.